The fourth-order valence-electron chi connectivity index (χ4n) is 2.73. The lowest BCUT2D eigenvalue weighted by Crippen LogP contribution is -2.38. The summed E-state index contributed by atoms with van der Waals surface area (Å²) in [5, 5.41) is 19.6. The molecule has 8 nitrogen and oxygen atoms in total. The van der Waals surface area contributed by atoms with Crippen LogP contribution in [0.3, 0.4) is 0 Å². The van der Waals surface area contributed by atoms with Crippen molar-refractivity contribution in [1.82, 2.24) is 20.3 Å². The highest BCUT2D eigenvalue weighted by atomic mass is 16.4. The number of carboxylic acid groups (broad SMARTS) is 1. The Kier molecular flexibility index (Phi) is 5.26. The third kappa shape index (κ3) is 4.25. The summed E-state index contributed by atoms with van der Waals surface area (Å²) >= 11 is 0. The zero-order chi connectivity index (χ0) is 15.2. The number of aromatic nitrogens is 3. The van der Waals surface area contributed by atoms with E-state index in [1.54, 1.807) is 6.20 Å². The van der Waals surface area contributed by atoms with Gasteiger partial charge in [0.15, 0.2) is 0 Å². The van der Waals surface area contributed by atoms with Gasteiger partial charge in [0.1, 0.15) is 6.54 Å². The van der Waals surface area contributed by atoms with E-state index in [-0.39, 0.29) is 30.8 Å². The van der Waals surface area contributed by atoms with Crippen LogP contribution < -0.4 is 11.1 Å². The summed E-state index contributed by atoms with van der Waals surface area (Å²) in [6, 6.07) is 0. The van der Waals surface area contributed by atoms with E-state index in [0.29, 0.717) is 18.7 Å². The van der Waals surface area contributed by atoms with Gasteiger partial charge < -0.3 is 16.2 Å². The van der Waals surface area contributed by atoms with Crippen molar-refractivity contribution in [1.29, 1.82) is 0 Å². The van der Waals surface area contributed by atoms with E-state index >= 15 is 0 Å². The molecule has 0 bridgehead atoms. The molecular weight excluding hydrogens is 274 g/mol. The molecule has 116 valence electrons. The monoisotopic (exact) mass is 295 g/mol. The number of carboxylic acids is 1. The quantitative estimate of drug-likeness (QED) is 0.664. The molecule has 0 spiro atoms. The van der Waals surface area contributed by atoms with Crippen molar-refractivity contribution < 1.29 is 14.7 Å². The molecule has 1 fully saturated rings. The van der Waals surface area contributed by atoms with Crippen LogP contribution in [0.15, 0.2) is 6.20 Å². The summed E-state index contributed by atoms with van der Waals surface area (Å²) in [5.74, 6) is -1.30. The smallest absolute Gasteiger partial charge is 0.306 e. The van der Waals surface area contributed by atoms with Gasteiger partial charge in [-0.3, -0.25) is 9.59 Å². The molecular formula is C13H21N5O3. The van der Waals surface area contributed by atoms with Gasteiger partial charge in [0, 0.05) is 13.1 Å². The number of nitrogens with two attached hydrogens (primary N) is 1. The maximum Gasteiger partial charge on any atom is 0.306 e. The molecule has 0 aliphatic heterocycles. The molecule has 1 aromatic heterocycles. The number of rotatable bonds is 6. The number of aliphatic carboxylic acids is 1. The molecule has 2 unspecified atom stereocenters. The van der Waals surface area contributed by atoms with Crippen LogP contribution in [0.4, 0.5) is 0 Å². The second kappa shape index (κ2) is 7.16. The van der Waals surface area contributed by atoms with E-state index in [0.717, 1.165) is 19.3 Å². The van der Waals surface area contributed by atoms with Gasteiger partial charge in [0.05, 0.1) is 17.8 Å². The standard InChI is InChI=1S/C13H21N5O3/c14-5-10-7-18(17-16-10)8-12(19)15-6-9-3-1-2-4-11(9)13(20)21/h7,9,11H,1-6,8,14H2,(H,15,19)(H,20,21). The molecule has 8 heteroatoms. The van der Waals surface area contributed by atoms with Crippen molar-refractivity contribution in [3.63, 3.8) is 0 Å². The first-order valence-corrected chi connectivity index (χ1v) is 7.18. The molecule has 1 aromatic rings. The second-order valence-corrected chi connectivity index (χ2v) is 5.40. The third-order valence-corrected chi connectivity index (χ3v) is 3.89. The van der Waals surface area contributed by atoms with Gasteiger partial charge in [0.2, 0.25) is 5.91 Å². The zero-order valence-electron chi connectivity index (χ0n) is 11.9. The maximum absolute atomic E-state index is 11.9. The van der Waals surface area contributed by atoms with Crippen LogP contribution in [0.2, 0.25) is 0 Å². The molecule has 2 rings (SSSR count). The molecule has 0 aromatic carbocycles. The fraction of sp³-hybridized carbons (Fsp3) is 0.692. The van der Waals surface area contributed by atoms with E-state index in [1.165, 1.54) is 4.68 Å². The summed E-state index contributed by atoms with van der Waals surface area (Å²) in [6.45, 7) is 0.746. The first kappa shape index (κ1) is 15.4. The Hall–Kier alpha value is -1.96. The van der Waals surface area contributed by atoms with Crippen LogP contribution in [0.25, 0.3) is 0 Å². The normalized spacial score (nSPS) is 22.0. The molecule has 4 N–H and O–H groups in total. The molecule has 21 heavy (non-hydrogen) atoms. The minimum Gasteiger partial charge on any atom is -0.481 e. The average molecular weight is 295 g/mol. The minimum atomic E-state index is -0.766. The van der Waals surface area contributed by atoms with Crippen LogP contribution in [0, 0.1) is 11.8 Å². The second-order valence-electron chi connectivity index (χ2n) is 5.40. The summed E-state index contributed by atoms with van der Waals surface area (Å²) in [5.41, 5.74) is 6.05. The van der Waals surface area contributed by atoms with Crippen LogP contribution in [-0.2, 0) is 22.7 Å². The number of hydrogen-bond donors (Lipinski definition) is 3. The Morgan fingerprint density at radius 2 is 2.19 bits per heavy atom. The largest absolute Gasteiger partial charge is 0.481 e. The predicted molar refractivity (Wildman–Crippen MR) is 74.0 cm³/mol. The lowest BCUT2D eigenvalue weighted by molar-refractivity contribution is -0.145. The molecule has 0 radical (unpaired) electrons. The first-order chi connectivity index (χ1) is 10.1. The number of amides is 1. The number of carbonyl (C=O) groups is 2. The molecule has 1 heterocycles. The number of nitrogens with zero attached hydrogens (tertiary/aromatic N) is 3. The van der Waals surface area contributed by atoms with E-state index < -0.39 is 5.97 Å². The van der Waals surface area contributed by atoms with Gasteiger partial charge in [-0.1, -0.05) is 18.1 Å². The zero-order valence-corrected chi connectivity index (χ0v) is 11.9. The Labute approximate surface area is 122 Å². The van der Waals surface area contributed by atoms with Crippen molar-refractivity contribution >= 4 is 11.9 Å². The Morgan fingerprint density at radius 3 is 2.86 bits per heavy atom. The van der Waals surface area contributed by atoms with Crippen molar-refractivity contribution in [2.24, 2.45) is 17.6 Å². The number of carbonyl (C=O) groups excluding carboxylic acids is 1. The van der Waals surface area contributed by atoms with Gasteiger partial charge in [0.25, 0.3) is 0 Å². The molecule has 1 amide bonds. The van der Waals surface area contributed by atoms with Crippen molar-refractivity contribution in [3.05, 3.63) is 11.9 Å². The van der Waals surface area contributed by atoms with Crippen molar-refractivity contribution in [2.75, 3.05) is 6.54 Å². The van der Waals surface area contributed by atoms with Gasteiger partial charge >= 0.3 is 5.97 Å². The third-order valence-electron chi connectivity index (χ3n) is 3.89. The summed E-state index contributed by atoms with van der Waals surface area (Å²) in [4.78, 5) is 23.0. The predicted octanol–water partition coefficient (Wildman–Crippen LogP) is -0.256. The maximum atomic E-state index is 11.9. The molecule has 1 aliphatic rings. The molecule has 0 saturated heterocycles. The van der Waals surface area contributed by atoms with Crippen LogP contribution >= 0.6 is 0 Å². The Balaban J connectivity index is 1.81. The van der Waals surface area contributed by atoms with Crippen molar-refractivity contribution in [2.45, 2.75) is 38.8 Å². The lowest BCUT2D eigenvalue weighted by Gasteiger charge is -2.28. The lowest BCUT2D eigenvalue weighted by atomic mass is 9.79. The average Bonchev–Trinajstić information content (AvgIpc) is 2.93. The van der Waals surface area contributed by atoms with E-state index in [2.05, 4.69) is 15.6 Å². The number of hydrogen-bond acceptors (Lipinski definition) is 5. The highest BCUT2D eigenvalue weighted by molar-refractivity contribution is 5.76. The van der Waals surface area contributed by atoms with Gasteiger partial charge in [-0.15, -0.1) is 5.10 Å². The van der Waals surface area contributed by atoms with Gasteiger partial charge in [-0.05, 0) is 18.8 Å². The van der Waals surface area contributed by atoms with E-state index in [1.807, 2.05) is 0 Å². The highest BCUT2D eigenvalue weighted by Crippen LogP contribution is 2.29. The van der Waals surface area contributed by atoms with E-state index in [4.69, 9.17) is 5.73 Å². The summed E-state index contributed by atoms with van der Waals surface area (Å²) in [7, 11) is 0. The Bertz CT molecular complexity index is 502. The SMILES string of the molecule is NCc1cn(CC(=O)NCC2CCCCC2C(=O)O)nn1. The minimum absolute atomic E-state index is 0.00977. The topological polar surface area (TPSA) is 123 Å². The van der Waals surface area contributed by atoms with Crippen LogP contribution in [-0.4, -0.2) is 38.5 Å². The molecule has 2 atom stereocenters. The van der Waals surface area contributed by atoms with Gasteiger partial charge in [-0.2, -0.15) is 0 Å². The number of nitrogens with one attached hydrogen (secondary N) is 1. The summed E-state index contributed by atoms with van der Waals surface area (Å²) < 4.78 is 1.42. The summed E-state index contributed by atoms with van der Waals surface area (Å²) in [6.07, 6.45) is 5.13. The van der Waals surface area contributed by atoms with Crippen LogP contribution in [0.5, 0.6) is 0 Å². The van der Waals surface area contributed by atoms with Gasteiger partial charge in [-0.25, -0.2) is 4.68 Å². The first-order valence-electron chi connectivity index (χ1n) is 7.18. The highest BCUT2D eigenvalue weighted by Gasteiger charge is 2.30. The molecule has 1 saturated carbocycles. The van der Waals surface area contributed by atoms with E-state index in [9.17, 15) is 14.7 Å². The Morgan fingerprint density at radius 1 is 1.43 bits per heavy atom. The van der Waals surface area contributed by atoms with Crippen molar-refractivity contribution in [3.8, 4) is 0 Å². The fourth-order valence-corrected chi connectivity index (χ4v) is 2.73. The van der Waals surface area contributed by atoms with Crippen LogP contribution in [0.1, 0.15) is 31.4 Å². The molecule has 1 aliphatic carbocycles.